The van der Waals surface area contributed by atoms with Crippen LogP contribution in [0.1, 0.15) is 13.3 Å². The first-order chi connectivity index (χ1) is 9.11. The molecule has 6 heteroatoms. The second kappa shape index (κ2) is 6.05. The summed E-state index contributed by atoms with van der Waals surface area (Å²) in [4.78, 5) is 18.2. The largest absolute Gasteiger partial charge is 0.494 e. The molecule has 19 heavy (non-hydrogen) atoms. The number of halogens is 1. The third-order valence-corrected chi connectivity index (χ3v) is 3.40. The predicted molar refractivity (Wildman–Crippen MR) is 80.5 cm³/mol. The first-order valence-corrected chi connectivity index (χ1v) is 6.91. The van der Waals surface area contributed by atoms with Gasteiger partial charge in [0.15, 0.2) is 0 Å². The molecule has 100 valence electrons. The molecule has 1 aromatic carbocycles. The molecule has 0 unspecified atom stereocenters. The van der Waals surface area contributed by atoms with Crippen molar-refractivity contribution in [2.45, 2.75) is 13.3 Å². The van der Waals surface area contributed by atoms with E-state index in [4.69, 9.17) is 4.74 Å². The van der Waals surface area contributed by atoms with Crippen LogP contribution in [-0.4, -0.2) is 21.7 Å². The standard InChI is InChI=1S/C13H13IN2O3/c1-2-6-19-9-5-3-4-8(7-9)11-15-12(17)10(14)13(18)16-11/h3-5,7H,2,6H2,1H3,(H2,15,16,17,18). The van der Waals surface area contributed by atoms with Crippen molar-refractivity contribution in [3.63, 3.8) is 0 Å². The van der Waals surface area contributed by atoms with Gasteiger partial charge in [-0.05, 0) is 41.1 Å². The van der Waals surface area contributed by atoms with Crippen LogP contribution in [0, 0.1) is 3.57 Å². The van der Waals surface area contributed by atoms with Crippen LogP contribution >= 0.6 is 22.6 Å². The third-order valence-electron chi connectivity index (χ3n) is 2.43. The summed E-state index contributed by atoms with van der Waals surface area (Å²) in [5.41, 5.74) is 0.334. The van der Waals surface area contributed by atoms with Crippen molar-refractivity contribution in [3.8, 4) is 23.0 Å². The van der Waals surface area contributed by atoms with E-state index in [1.54, 1.807) is 34.7 Å². The summed E-state index contributed by atoms with van der Waals surface area (Å²) in [6, 6.07) is 7.22. The minimum absolute atomic E-state index is 0.180. The zero-order chi connectivity index (χ0) is 13.8. The summed E-state index contributed by atoms with van der Waals surface area (Å²) < 4.78 is 5.70. The van der Waals surface area contributed by atoms with Gasteiger partial charge in [0.1, 0.15) is 15.1 Å². The van der Waals surface area contributed by atoms with Gasteiger partial charge in [0, 0.05) is 5.56 Å². The molecule has 0 spiro atoms. The van der Waals surface area contributed by atoms with Gasteiger partial charge in [0.25, 0.3) is 5.56 Å². The Morgan fingerprint density at radius 2 is 2.26 bits per heavy atom. The summed E-state index contributed by atoms with van der Waals surface area (Å²) in [5, 5.41) is 9.58. The van der Waals surface area contributed by atoms with Crippen LogP contribution in [0.25, 0.3) is 11.4 Å². The molecule has 0 saturated heterocycles. The second-order valence-corrected chi connectivity index (χ2v) is 5.01. The number of aromatic hydroxyl groups is 1. The van der Waals surface area contributed by atoms with Crippen LogP contribution in [0.5, 0.6) is 11.6 Å². The van der Waals surface area contributed by atoms with Crippen molar-refractivity contribution in [3.05, 3.63) is 38.2 Å². The van der Waals surface area contributed by atoms with Gasteiger partial charge in [0.2, 0.25) is 5.88 Å². The van der Waals surface area contributed by atoms with Gasteiger partial charge in [-0.15, -0.1) is 0 Å². The fourth-order valence-corrected chi connectivity index (χ4v) is 1.79. The zero-order valence-electron chi connectivity index (χ0n) is 10.3. The average Bonchev–Trinajstić information content (AvgIpc) is 2.42. The normalized spacial score (nSPS) is 10.4. The molecule has 0 aliphatic heterocycles. The van der Waals surface area contributed by atoms with Crippen LogP contribution in [-0.2, 0) is 0 Å². The molecule has 2 aromatic rings. The molecular formula is C13H13IN2O3. The number of benzene rings is 1. The van der Waals surface area contributed by atoms with Crippen molar-refractivity contribution in [2.24, 2.45) is 0 Å². The van der Waals surface area contributed by atoms with Gasteiger partial charge in [-0.1, -0.05) is 19.1 Å². The van der Waals surface area contributed by atoms with Crippen molar-refractivity contribution >= 4 is 22.6 Å². The lowest BCUT2D eigenvalue weighted by Gasteiger charge is -2.07. The minimum atomic E-state index is -0.358. The van der Waals surface area contributed by atoms with Crippen LogP contribution in [0.15, 0.2) is 29.1 Å². The number of nitrogens with one attached hydrogen (secondary N) is 1. The predicted octanol–water partition coefficient (Wildman–Crippen LogP) is 2.54. The summed E-state index contributed by atoms with van der Waals surface area (Å²) >= 11 is 1.75. The highest BCUT2D eigenvalue weighted by Crippen LogP contribution is 2.22. The number of rotatable bonds is 4. The molecule has 0 atom stereocenters. The minimum Gasteiger partial charge on any atom is -0.494 e. The van der Waals surface area contributed by atoms with Gasteiger partial charge < -0.3 is 14.8 Å². The van der Waals surface area contributed by atoms with Crippen LogP contribution < -0.4 is 10.3 Å². The quantitative estimate of drug-likeness (QED) is 0.809. The van der Waals surface area contributed by atoms with E-state index in [0.29, 0.717) is 23.7 Å². The lowest BCUT2D eigenvalue weighted by molar-refractivity contribution is 0.317. The van der Waals surface area contributed by atoms with Gasteiger partial charge >= 0.3 is 0 Å². The molecule has 0 saturated carbocycles. The summed E-state index contributed by atoms with van der Waals surface area (Å²) in [6.45, 7) is 2.66. The fraction of sp³-hybridized carbons (Fsp3) is 0.231. The Labute approximate surface area is 123 Å². The Balaban J connectivity index is 2.39. The Hall–Kier alpha value is -1.57. The Bertz CT molecular complexity index is 640. The van der Waals surface area contributed by atoms with E-state index in [-0.39, 0.29) is 15.0 Å². The van der Waals surface area contributed by atoms with E-state index in [1.165, 1.54) is 0 Å². The molecule has 0 bridgehead atoms. The highest BCUT2D eigenvalue weighted by Gasteiger charge is 2.09. The fourth-order valence-electron chi connectivity index (χ4n) is 1.54. The molecule has 2 N–H and O–H groups in total. The van der Waals surface area contributed by atoms with Crippen molar-refractivity contribution in [1.82, 2.24) is 9.97 Å². The Morgan fingerprint density at radius 3 is 2.95 bits per heavy atom. The van der Waals surface area contributed by atoms with Crippen molar-refractivity contribution in [1.29, 1.82) is 0 Å². The van der Waals surface area contributed by atoms with Crippen LogP contribution in [0.4, 0.5) is 0 Å². The third kappa shape index (κ3) is 3.25. The maximum Gasteiger partial charge on any atom is 0.268 e. The number of hydrogen-bond acceptors (Lipinski definition) is 4. The maximum absolute atomic E-state index is 11.6. The first-order valence-electron chi connectivity index (χ1n) is 5.84. The van der Waals surface area contributed by atoms with E-state index in [1.807, 2.05) is 19.1 Å². The van der Waals surface area contributed by atoms with Gasteiger partial charge in [-0.25, -0.2) is 0 Å². The number of nitrogens with zero attached hydrogens (tertiary/aromatic N) is 1. The smallest absolute Gasteiger partial charge is 0.268 e. The summed E-state index contributed by atoms with van der Waals surface area (Å²) in [6.07, 6.45) is 0.920. The molecule has 0 aliphatic rings. The summed E-state index contributed by atoms with van der Waals surface area (Å²) in [7, 11) is 0. The van der Waals surface area contributed by atoms with E-state index in [9.17, 15) is 9.90 Å². The lowest BCUT2D eigenvalue weighted by atomic mass is 10.2. The highest BCUT2D eigenvalue weighted by atomic mass is 127. The number of ether oxygens (including phenoxy) is 1. The molecule has 1 heterocycles. The number of hydrogen-bond donors (Lipinski definition) is 2. The molecule has 5 nitrogen and oxygen atoms in total. The molecule has 0 amide bonds. The zero-order valence-corrected chi connectivity index (χ0v) is 12.5. The molecule has 1 aromatic heterocycles. The molecule has 0 fully saturated rings. The number of aromatic nitrogens is 2. The van der Waals surface area contributed by atoms with Crippen molar-refractivity contribution < 1.29 is 9.84 Å². The van der Waals surface area contributed by atoms with Gasteiger partial charge in [-0.3, -0.25) is 4.79 Å². The van der Waals surface area contributed by atoms with Gasteiger partial charge in [0.05, 0.1) is 6.61 Å². The van der Waals surface area contributed by atoms with E-state index in [2.05, 4.69) is 9.97 Å². The second-order valence-electron chi connectivity index (χ2n) is 3.93. The SMILES string of the molecule is CCCOc1cccc(-c2nc(O)c(I)c(=O)[nH]2)c1. The topological polar surface area (TPSA) is 75.2 Å². The van der Waals surface area contributed by atoms with Crippen molar-refractivity contribution in [2.75, 3.05) is 6.61 Å². The highest BCUT2D eigenvalue weighted by molar-refractivity contribution is 14.1. The number of aromatic amines is 1. The van der Waals surface area contributed by atoms with E-state index < -0.39 is 0 Å². The lowest BCUT2D eigenvalue weighted by Crippen LogP contribution is -2.12. The maximum atomic E-state index is 11.6. The van der Waals surface area contributed by atoms with Crippen LogP contribution in [0.3, 0.4) is 0 Å². The van der Waals surface area contributed by atoms with Gasteiger partial charge in [-0.2, -0.15) is 4.98 Å². The van der Waals surface area contributed by atoms with Crippen LogP contribution in [0.2, 0.25) is 0 Å². The Kier molecular flexibility index (Phi) is 4.41. The number of H-pyrrole nitrogens is 1. The Morgan fingerprint density at radius 1 is 1.47 bits per heavy atom. The summed E-state index contributed by atoms with van der Waals surface area (Å²) in [5.74, 6) is 0.768. The molecule has 2 rings (SSSR count). The first kappa shape index (κ1) is 13.9. The molecule has 0 aliphatic carbocycles. The molecular weight excluding hydrogens is 359 g/mol. The molecule has 0 radical (unpaired) electrons. The van der Waals surface area contributed by atoms with E-state index >= 15 is 0 Å². The average molecular weight is 372 g/mol. The monoisotopic (exact) mass is 372 g/mol. The van der Waals surface area contributed by atoms with E-state index in [0.717, 1.165) is 6.42 Å².